The average Bonchev–Trinajstić information content (AvgIpc) is 2.31. The van der Waals surface area contributed by atoms with E-state index in [0.29, 0.717) is 5.41 Å². The van der Waals surface area contributed by atoms with Crippen molar-refractivity contribution in [1.82, 2.24) is 0 Å². The molecule has 1 fully saturated rings. The second kappa shape index (κ2) is 4.05. The first kappa shape index (κ1) is 12.0. The highest BCUT2D eigenvalue weighted by molar-refractivity contribution is 5.20. The number of hydrogen-bond acceptors (Lipinski definition) is 0. The van der Waals surface area contributed by atoms with E-state index in [1.165, 1.54) is 31.3 Å². The predicted molar refractivity (Wildman–Crippen MR) is 71.3 cm³/mol. The number of rotatable bonds is 0. The monoisotopic (exact) mass is 218 g/mol. The molecule has 90 valence electrons. The fourth-order valence-corrected chi connectivity index (χ4v) is 3.56. The van der Waals surface area contributed by atoms with Gasteiger partial charge in [0.25, 0.3) is 0 Å². The van der Waals surface area contributed by atoms with Crippen LogP contribution in [0.1, 0.15) is 53.4 Å². The Kier molecular flexibility index (Phi) is 3.03. The van der Waals surface area contributed by atoms with Crippen LogP contribution in [-0.2, 0) is 0 Å². The quantitative estimate of drug-likeness (QED) is 0.503. The summed E-state index contributed by atoms with van der Waals surface area (Å²) in [5, 5.41) is 0. The van der Waals surface area contributed by atoms with Crippen LogP contribution in [0.5, 0.6) is 0 Å². The van der Waals surface area contributed by atoms with Crippen molar-refractivity contribution in [1.29, 1.82) is 0 Å². The van der Waals surface area contributed by atoms with Crippen molar-refractivity contribution in [2.75, 3.05) is 0 Å². The average molecular weight is 218 g/mol. The summed E-state index contributed by atoms with van der Waals surface area (Å²) in [6.45, 7) is 14.0. The smallest absolute Gasteiger partial charge is 0.0114 e. The zero-order chi connectivity index (χ0) is 11.9. The molecule has 2 aliphatic carbocycles. The van der Waals surface area contributed by atoms with Crippen molar-refractivity contribution >= 4 is 0 Å². The van der Waals surface area contributed by atoms with E-state index < -0.39 is 0 Å². The van der Waals surface area contributed by atoms with Gasteiger partial charge in [-0.3, -0.25) is 0 Å². The lowest BCUT2D eigenvalue weighted by atomic mass is 9.65. The molecule has 0 aromatic heterocycles. The maximum atomic E-state index is 4.40. The summed E-state index contributed by atoms with van der Waals surface area (Å²) < 4.78 is 0. The summed E-state index contributed by atoms with van der Waals surface area (Å²) in [4.78, 5) is 0. The van der Waals surface area contributed by atoms with E-state index in [9.17, 15) is 0 Å². The molecule has 0 spiro atoms. The van der Waals surface area contributed by atoms with Gasteiger partial charge in [-0.15, -0.1) is 0 Å². The minimum atomic E-state index is 0.458. The molecular formula is C16H26. The minimum absolute atomic E-state index is 0.458. The summed E-state index contributed by atoms with van der Waals surface area (Å²) in [5.74, 6) is 2.20. The number of allylic oxidation sites excluding steroid dienone is 3. The van der Waals surface area contributed by atoms with E-state index in [1.807, 2.05) is 0 Å². The van der Waals surface area contributed by atoms with Gasteiger partial charge in [-0.2, -0.15) is 0 Å². The highest BCUT2D eigenvalue weighted by atomic mass is 14.4. The third-order valence-corrected chi connectivity index (χ3v) is 4.98. The summed E-state index contributed by atoms with van der Waals surface area (Å²) in [6, 6.07) is 0. The van der Waals surface area contributed by atoms with Crippen molar-refractivity contribution in [2.24, 2.45) is 23.2 Å². The van der Waals surface area contributed by atoms with Gasteiger partial charge in [-0.1, -0.05) is 44.6 Å². The van der Waals surface area contributed by atoms with Crippen LogP contribution in [0.25, 0.3) is 0 Å². The van der Waals surface area contributed by atoms with Gasteiger partial charge >= 0.3 is 0 Å². The molecule has 1 saturated carbocycles. The number of fused-ring (bicyclic) bond motifs is 1. The summed E-state index contributed by atoms with van der Waals surface area (Å²) in [6.07, 6.45) is 7.84. The highest BCUT2D eigenvalue weighted by Crippen LogP contribution is 2.50. The standard InChI is InChI=1S/C16H26/c1-11-6-7-14-13(3)12(2)8-9-16(4,5)15(14)10-11/h10,12,14-15H,3,6-9H2,1-2,4-5H3/t12-,14-,15+/m0/s1. The second-order valence-electron chi connectivity index (χ2n) is 6.69. The molecule has 3 atom stereocenters. The molecule has 2 rings (SSSR count). The Bertz CT molecular complexity index is 319. The summed E-state index contributed by atoms with van der Waals surface area (Å²) in [7, 11) is 0. The van der Waals surface area contributed by atoms with E-state index in [0.717, 1.165) is 17.8 Å². The topological polar surface area (TPSA) is 0 Å². The van der Waals surface area contributed by atoms with Crippen molar-refractivity contribution in [3.63, 3.8) is 0 Å². The highest BCUT2D eigenvalue weighted by Gasteiger charge is 2.40. The molecule has 16 heavy (non-hydrogen) atoms. The Balaban J connectivity index is 2.37. The molecule has 0 aromatic rings. The SMILES string of the molecule is C=C1[C@@H](C)CCC(C)(C)[C@@H]2C=C(C)CC[C@@H]12. The largest absolute Gasteiger partial charge is 0.0993 e. The van der Waals surface area contributed by atoms with Crippen LogP contribution in [-0.4, -0.2) is 0 Å². The van der Waals surface area contributed by atoms with Crippen molar-refractivity contribution in [3.05, 3.63) is 23.8 Å². The molecule has 2 aliphatic rings. The zero-order valence-electron chi connectivity index (χ0n) is 11.3. The van der Waals surface area contributed by atoms with Crippen LogP contribution in [0.4, 0.5) is 0 Å². The first-order valence-electron chi connectivity index (χ1n) is 6.78. The first-order valence-corrected chi connectivity index (χ1v) is 6.78. The lowest BCUT2D eigenvalue weighted by Gasteiger charge is -2.39. The molecule has 0 N–H and O–H groups in total. The van der Waals surface area contributed by atoms with Crippen LogP contribution in [0.3, 0.4) is 0 Å². The van der Waals surface area contributed by atoms with Crippen LogP contribution in [0, 0.1) is 23.2 Å². The maximum absolute atomic E-state index is 4.40. The molecule has 0 bridgehead atoms. The Labute approximate surface area is 101 Å². The Morgan fingerprint density at radius 2 is 2.00 bits per heavy atom. The molecule has 0 amide bonds. The van der Waals surface area contributed by atoms with E-state index in [4.69, 9.17) is 0 Å². The maximum Gasteiger partial charge on any atom is -0.0114 e. The van der Waals surface area contributed by atoms with Crippen LogP contribution in [0.2, 0.25) is 0 Å². The lowest BCUT2D eigenvalue weighted by molar-refractivity contribution is 0.186. The second-order valence-corrected chi connectivity index (χ2v) is 6.69. The zero-order valence-corrected chi connectivity index (χ0v) is 11.3. The van der Waals surface area contributed by atoms with Gasteiger partial charge in [0.1, 0.15) is 0 Å². The van der Waals surface area contributed by atoms with Crippen molar-refractivity contribution in [3.8, 4) is 0 Å². The van der Waals surface area contributed by atoms with Gasteiger partial charge in [0.15, 0.2) is 0 Å². The van der Waals surface area contributed by atoms with Gasteiger partial charge < -0.3 is 0 Å². The molecule has 0 radical (unpaired) electrons. The Morgan fingerprint density at radius 3 is 2.69 bits per heavy atom. The van der Waals surface area contributed by atoms with Gasteiger partial charge in [-0.25, -0.2) is 0 Å². The fraction of sp³-hybridized carbons (Fsp3) is 0.750. The minimum Gasteiger partial charge on any atom is -0.0993 e. The van der Waals surface area contributed by atoms with Gasteiger partial charge in [0.05, 0.1) is 0 Å². The van der Waals surface area contributed by atoms with Crippen LogP contribution in [0.15, 0.2) is 23.8 Å². The molecule has 0 aliphatic heterocycles. The first-order chi connectivity index (χ1) is 7.42. The third kappa shape index (κ3) is 1.99. The van der Waals surface area contributed by atoms with Crippen molar-refractivity contribution in [2.45, 2.75) is 53.4 Å². The van der Waals surface area contributed by atoms with E-state index in [1.54, 1.807) is 5.57 Å². The van der Waals surface area contributed by atoms with Crippen molar-refractivity contribution < 1.29 is 0 Å². The van der Waals surface area contributed by atoms with Gasteiger partial charge in [0.2, 0.25) is 0 Å². The Hall–Kier alpha value is -0.520. The van der Waals surface area contributed by atoms with E-state index in [-0.39, 0.29) is 0 Å². The van der Waals surface area contributed by atoms with E-state index in [2.05, 4.69) is 40.3 Å². The van der Waals surface area contributed by atoms with Gasteiger partial charge in [0, 0.05) is 0 Å². The lowest BCUT2D eigenvalue weighted by Crippen LogP contribution is -2.30. The number of hydrogen-bond donors (Lipinski definition) is 0. The predicted octanol–water partition coefficient (Wildman–Crippen LogP) is 4.97. The van der Waals surface area contributed by atoms with Gasteiger partial charge in [-0.05, 0) is 55.8 Å². The molecule has 0 aromatic carbocycles. The fourth-order valence-electron chi connectivity index (χ4n) is 3.56. The van der Waals surface area contributed by atoms with Crippen LogP contribution >= 0.6 is 0 Å². The summed E-state index contributed by atoms with van der Waals surface area (Å²) in [5.41, 5.74) is 3.58. The van der Waals surface area contributed by atoms with E-state index >= 15 is 0 Å². The molecule has 0 heteroatoms. The molecule has 0 unspecified atom stereocenters. The summed E-state index contributed by atoms with van der Waals surface area (Å²) >= 11 is 0. The molecule has 0 heterocycles. The third-order valence-electron chi connectivity index (χ3n) is 4.98. The molecule has 0 saturated heterocycles. The Morgan fingerprint density at radius 1 is 1.31 bits per heavy atom. The normalized spacial score (nSPS) is 38.6. The molecule has 0 nitrogen and oxygen atoms in total. The molecular weight excluding hydrogens is 192 g/mol. The van der Waals surface area contributed by atoms with Crippen LogP contribution < -0.4 is 0 Å².